The topological polar surface area (TPSA) is 154 Å². The third kappa shape index (κ3) is 10.6. The molecule has 0 spiro atoms. The summed E-state index contributed by atoms with van der Waals surface area (Å²) in [7, 11) is 2.10. The number of carboxylic acids is 1. The summed E-state index contributed by atoms with van der Waals surface area (Å²) in [6.07, 6.45) is 3.17. The van der Waals surface area contributed by atoms with Gasteiger partial charge in [-0.2, -0.15) is 4.98 Å². The van der Waals surface area contributed by atoms with Gasteiger partial charge in [0.1, 0.15) is 60.5 Å². The van der Waals surface area contributed by atoms with Gasteiger partial charge in [0.05, 0.1) is 27.7 Å². The summed E-state index contributed by atoms with van der Waals surface area (Å²) < 4.78 is 52.6. The highest BCUT2D eigenvalue weighted by Crippen LogP contribution is 2.53. The number of thiophene rings is 1. The number of morpholine rings is 1. The van der Waals surface area contributed by atoms with E-state index in [2.05, 4.69) is 41.7 Å². The number of ether oxygens (including phenoxy) is 6. The first-order valence-corrected chi connectivity index (χ1v) is 24.7. The van der Waals surface area contributed by atoms with E-state index < -0.39 is 24.0 Å². The van der Waals surface area contributed by atoms with Gasteiger partial charge >= 0.3 is 12.0 Å². The fourth-order valence-corrected chi connectivity index (χ4v) is 10.8. The number of hydrogen-bond acceptors (Lipinski definition) is 15. The number of fused-ring (bicyclic) bond motifs is 7. The molecule has 0 amide bonds. The zero-order valence-electron chi connectivity index (χ0n) is 38.5. The summed E-state index contributed by atoms with van der Waals surface area (Å²) in [5.41, 5.74) is 4.31. The molecule has 19 heteroatoms. The van der Waals surface area contributed by atoms with Crippen LogP contribution in [0.5, 0.6) is 29.1 Å². The molecule has 0 radical (unpaired) electrons. The van der Waals surface area contributed by atoms with Gasteiger partial charge in [0.15, 0.2) is 5.75 Å². The van der Waals surface area contributed by atoms with Gasteiger partial charge in [0, 0.05) is 80.5 Å². The van der Waals surface area contributed by atoms with E-state index in [1.54, 1.807) is 42.6 Å². The molecule has 3 aromatic carbocycles. The van der Waals surface area contributed by atoms with Gasteiger partial charge in [-0.3, -0.25) is 9.80 Å². The molecule has 4 bridgehead atoms. The van der Waals surface area contributed by atoms with Crippen LogP contribution in [0.3, 0.4) is 0 Å². The highest BCUT2D eigenvalue weighted by atomic mass is 35.5. The fraction of sp³-hybridized carbons (Fsp3) is 0.420. The van der Waals surface area contributed by atoms with Gasteiger partial charge < -0.3 is 38.4 Å². The Bertz CT molecular complexity index is 2820. The van der Waals surface area contributed by atoms with E-state index in [1.807, 2.05) is 13.8 Å². The summed E-state index contributed by atoms with van der Waals surface area (Å²) in [6, 6.07) is 14.0. The van der Waals surface area contributed by atoms with Crippen molar-refractivity contribution >= 4 is 50.7 Å². The van der Waals surface area contributed by atoms with Crippen molar-refractivity contribution in [1.29, 1.82) is 0 Å². The lowest BCUT2D eigenvalue weighted by Gasteiger charge is -2.35. The van der Waals surface area contributed by atoms with Crippen molar-refractivity contribution in [2.45, 2.75) is 64.1 Å². The molecule has 6 aromatic rings. The molecule has 4 aliphatic heterocycles. The Morgan fingerprint density at radius 1 is 0.928 bits per heavy atom. The van der Waals surface area contributed by atoms with Crippen LogP contribution in [0.15, 0.2) is 61.1 Å². The van der Waals surface area contributed by atoms with Crippen molar-refractivity contribution in [1.82, 2.24) is 34.6 Å². The largest absolute Gasteiger partial charge is 0.490 e. The van der Waals surface area contributed by atoms with Gasteiger partial charge in [-0.1, -0.05) is 35.3 Å². The van der Waals surface area contributed by atoms with Crippen LogP contribution >= 0.6 is 34.5 Å². The Hall–Kier alpha value is -5.40. The second-order valence-corrected chi connectivity index (χ2v) is 19.7. The molecular formula is C50H52Cl2FN7O8S. The molecule has 1 aliphatic carbocycles. The van der Waals surface area contributed by atoms with Crippen LogP contribution in [0.25, 0.3) is 31.8 Å². The SMILES string of the molecule is Cc1c(Cl)c2c(Cl)c(C)c1-c1c(-c3ccc(F)cc3)sc3ncnc(c13)O[C@@H](C(=O)O)Cc1cc(ccc1OCc1ccnc(OC[C@@H]3CN(C4CC4)CCO3)n1)OC[C@@H](CN1CCN(C)CC1)O2. The van der Waals surface area contributed by atoms with E-state index in [4.69, 9.17) is 51.6 Å². The van der Waals surface area contributed by atoms with E-state index in [-0.39, 0.29) is 37.6 Å². The van der Waals surface area contributed by atoms with Gasteiger partial charge in [-0.15, -0.1) is 11.3 Å². The molecule has 15 nitrogen and oxygen atoms in total. The number of hydrogen-bond donors (Lipinski definition) is 1. The van der Waals surface area contributed by atoms with Crippen molar-refractivity contribution < 1.29 is 42.7 Å². The lowest BCUT2D eigenvalue weighted by molar-refractivity contribution is -0.145. The van der Waals surface area contributed by atoms with Crippen LogP contribution in [0.2, 0.25) is 10.0 Å². The van der Waals surface area contributed by atoms with Crippen LogP contribution in [0.4, 0.5) is 4.39 Å². The highest BCUT2D eigenvalue weighted by Gasteiger charge is 2.34. The van der Waals surface area contributed by atoms with Gasteiger partial charge in [-0.25, -0.2) is 24.1 Å². The summed E-state index contributed by atoms with van der Waals surface area (Å²) in [6.45, 7) is 10.6. The number of rotatable bonds is 11. The monoisotopic (exact) mass is 999 g/mol. The fourth-order valence-electron chi connectivity index (χ4n) is 9.17. The summed E-state index contributed by atoms with van der Waals surface area (Å²) in [4.78, 5) is 39.8. The summed E-state index contributed by atoms with van der Waals surface area (Å²) in [5, 5.41) is 11.9. The zero-order chi connectivity index (χ0) is 47.8. The van der Waals surface area contributed by atoms with Crippen molar-refractivity contribution in [2.24, 2.45) is 0 Å². The Morgan fingerprint density at radius 3 is 2.46 bits per heavy atom. The molecule has 3 fully saturated rings. The molecule has 1 saturated carbocycles. The average Bonchev–Trinajstić information content (AvgIpc) is 4.14. The molecule has 7 heterocycles. The minimum Gasteiger partial charge on any atom is -0.490 e. The van der Waals surface area contributed by atoms with E-state index in [1.165, 1.54) is 42.6 Å². The molecular weight excluding hydrogens is 949 g/mol. The van der Waals surface area contributed by atoms with E-state index >= 15 is 0 Å². The predicted octanol–water partition coefficient (Wildman–Crippen LogP) is 8.16. The third-order valence-corrected chi connectivity index (χ3v) is 15.1. The van der Waals surface area contributed by atoms with Crippen LogP contribution in [0, 0.1) is 19.7 Å². The Kier molecular flexibility index (Phi) is 14.1. The Morgan fingerprint density at radius 2 is 1.71 bits per heavy atom. The first-order valence-electron chi connectivity index (χ1n) is 23.1. The molecule has 5 aliphatic rings. The minimum absolute atomic E-state index is 0.0232. The second-order valence-electron chi connectivity index (χ2n) is 18.0. The van der Waals surface area contributed by atoms with Crippen LogP contribution in [-0.4, -0.2) is 143 Å². The summed E-state index contributed by atoms with van der Waals surface area (Å²) >= 11 is 16.0. The second kappa shape index (κ2) is 20.5. The quantitative estimate of drug-likeness (QED) is 0.133. The van der Waals surface area contributed by atoms with Crippen molar-refractivity contribution in [3.05, 3.63) is 99.3 Å². The first kappa shape index (κ1) is 47.3. The third-order valence-electron chi connectivity index (χ3n) is 13.1. The van der Waals surface area contributed by atoms with Crippen LogP contribution in [-0.2, 0) is 22.6 Å². The average molecular weight is 1000 g/mol. The number of carbonyl (C=O) groups is 1. The smallest absolute Gasteiger partial charge is 0.345 e. The number of piperazine rings is 1. The minimum atomic E-state index is -1.47. The van der Waals surface area contributed by atoms with Crippen molar-refractivity contribution in [2.75, 3.05) is 72.7 Å². The van der Waals surface area contributed by atoms with Crippen molar-refractivity contribution in [3.63, 3.8) is 0 Å². The number of likely N-dealkylation sites (N-methyl/N-ethyl adjacent to an activating group) is 1. The number of carboxylic acid groups (broad SMARTS) is 1. The Balaban J connectivity index is 1.02. The molecule has 0 unspecified atom stereocenters. The predicted molar refractivity (Wildman–Crippen MR) is 260 cm³/mol. The molecule has 11 rings (SSSR count). The highest BCUT2D eigenvalue weighted by molar-refractivity contribution is 7.22. The maximum Gasteiger partial charge on any atom is 0.345 e. The van der Waals surface area contributed by atoms with Gasteiger partial charge in [0.2, 0.25) is 12.0 Å². The molecule has 362 valence electrons. The number of aromatic nitrogens is 4. The number of nitrogens with zero attached hydrogens (tertiary/aromatic N) is 7. The number of benzene rings is 3. The van der Waals surface area contributed by atoms with E-state index in [9.17, 15) is 14.3 Å². The number of aliphatic carboxylic acids is 1. The van der Waals surface area contributed by atoms with Crippen molar-refractivity contribution in [3.8, 4) is 50.7 Å². The number of halogens is 3. The molecule has 3 aromatic heterocycles. The van der Waals surface area contributed by atoms with Gasteiger partial charge in [-0.05, 0) is 92.4 Å². The molecule has 3 atom stereocenters. The van der Waals surface area contributed by atoms with Crippen LogP contribution < -0.4 is 23.7 Å². The molecule has 2 saturated heterocycles. The van der Waals surface area contributed by atoms with E-state index in [0.29, 0.717) is 107 Å². The lowest BCUT2D eigenvalue weighted by atomic mass is 9.92. The normalized spacial score (nSPS) is 20.5. The standard InChI is InChI=1S/C50H52Cl2FN7O8S/c1-28-40-29(2)44(52)45(43(28)51)67-37(22-59-16-14-58(3)15-17-59)26-64-35-10-11-38(65-24-33-12-13-54-50(57-33)66-25-36-23-60(18-19-63-36)34-8-9-34)31(20-35)21-39(49(61)62)68-47-42-41(40)46(69-48(42)56-27-55-47)30-4-6-32(53)7-5-30/h4-7,10-13,20,27,34,36-37,39H,8-9,14-19,21-26H2,1-3H3,(H,61,62)/t36-,37+,39+/m0/s1. The first-order chi connectivity index (χ1) is 33.4. The van der Waals surface area contributed by atoms with Crippen LogP contribution in [0.1, 0.15) is 35.2 Å². The maximum atomic E-state index is 14.4. The lowest BCUT2D eigenvalue weighted by Crippen LogP contribution is -2.49. The zero-order valence-corrected chi connectivity index (χ0v) is 40.8. The van der Waals surface area contributed by atoms with E-state index in [0.717, 1.165) is 39.3 Å². The maximum absolute atomic E-state index is 14.4. The summed E-state index contributed by atoms with van der Waals surface area (Å²) in [5.74, 6) is -0.453. The molecule has 1 N–H and O–H groups in total. The Labute approximate surface area is 413 Å². The van der Waals surface area contributed by atoms with Gasteiger partial charge in [0.25, 0.3) is 0 Å². The molecule has 69 heavy (non-hydrogen) atoms.